The SMILES string of the molecule is Brc1ccc(CCNc2ncnc3nccnc23)cc1. The molecule has 100 valence electrons. The van der Waals surface area contributed by atoms with Crippen LogP contribution in [0, 0.1) is 0 Å². The first-order valence-electron chi connectivity index (χ1n) is 6.23. The highest BCUT2D eigenvalue weighted by molar-refractivity contribution is 9.10. The van der Waals surface area contributed by atoms with Gasteiger partial charge in [-0.2, -0.15) is 0 Å². The Morgan fingerprint density at radius 3 is 2.60 bits per heavy atom. The van der Waals surface area contributed by atoms with Gasteiger partial charge in [0.15, 0.2) is 11.5 Å². The number of benzene rings is 1. The number of anilines is 1. The summed E-state index contributed by atoms with van der Waals surface area (Å²) in [6, 6.07) is 8.29. The van der Waals surface area contributed by atoms with Crippen LogP contribution in [0.2, 0.25) is 0 Å². The van der Waals surface area contributed by atoms with E-state index in [9.17, 15) is 0 Å². The van der Waals surface area contributed by atoms with Gasteiger partial charge < -0.3 is 5.32 Å². The van der Waals surface area contributed by atoms with Crippen LogP contribution in [0.4, 0.5) is 5.82 Å². The van der Waals surface area contributed by atoms with Gasteiger partial charge in [-0.05, 0) is 24.1 Å². The van der Waals surface area contributed by atoms with Crippen LogP contribution in [0.3, 0.4) is 0 Å². The maximum Gasteiger partial charge on any atom is 0.183 e. The molecule has 0 aliphatic carbocycles. The Kier molecular flexibility index (Phi) is 3.83. The van der Waals surface area contributed by atoms with Gasteiger partial charge in [0.05, 0.1) is 0 Å². The first kappa shape index (κ1) is 12.9. The number of hydrogen-bond donors (Lipinski definition) is 1. The smallest absolute Gasteiger partial charge is 0.183 e. The van der Waals surface area contributed by atoms with E-state index in [-0.39, 0.29) is 0 Å². The molecule has 2 aromatic heterocycles. The molecule has 0 spiro atoms. The maximum atomic E-state index is 4.26. The number of rotatable bonds is 4. The molecule has 5 nitrogen and oxygen atoms in total. The van der Waals surface area contributed by atoms with Crippen LogP contribution in [0.1, 0.15) is 5.56 Å². The first-order valence-corrected chi connectivity index (χ1v) is 7.02. The van der Waals surface area contributed by atoms with E-state index in [1.54, 1.807) is 12.4 Å². The quantitative estimate of drug-likeness (QED) is 0.797. The van der Waals surface area contributed by atoms with Crippen LogP contribution >= 0.6 is 15.9 Å². The fourth-order valence-electron chi connectivity index (χ4n) is 1.90. The molecule has 1 N–H and O–H groups in total. The molecule has 6 heteroatoms. The van der Waals surface area contributed by atoms with Crippen LogP contribution in [0.15, 0.2) is 47.5 Å². The summed E-state index contributed by atoms with van der Waals surface area (Å²) in [5.74, 6) is 0.722. The normalized spacial score (nSPS) is 10.7. The van der Waals surface area contributed by atoms with Gasteiger partial charge in [0.25, 0.3) is 0 Å². The fourth-order valence-corrected chi connectivity index (χ4v) is 2.16. The minimum absolute atomic E-state index is 0.605. The van der Waals surface area contributed by atoms with Crippen LogP contribution in [0.25, 0.3) is 11.2 Å². The van der Waals surface area contributed by atoms with Crippen molar-refractivity contribution < 1.29 is 0 Å². The number of aromatic nitrogens is 4. The number of nitrogens with one attached hydrogen (secondary N) is 1. The fraction of sp³-hybridized carbons (Fsp3) is 0.143. The van der Waals surface area contributed by atoms with E-state index in [4.69, 9.17) is 0 Å². The molecule has 2 heterocycles. The Bertz CT molecular complexity index is 709. The molecule has 3 aromatic rings. The van der Waals surface area contributed by atoms with Gasteiger partial charge in [0.2, 0.25) is 0 Å². The van der Waals surface area contributed by atoms with Crippen molar-refractivity contribution in [1.82, 2.24) is 19.9 Å². The van der Waals surface area contributed by atoms with Crippen molar-refractivity contribution in [3.63, 3.8) is 0 Å². The molecule has 1 aromatic carbocycles. The molecular formula is C14H12BrN5. The summed E-state index contributed by atoms with van der Waals surface area (Å²) in [5.41, 5.74) is 2.57. The van der Waals surface area contributed by atoms with E-state index in [1.807, 2.05) is 12.1 Å². The lowest BCUT2D eigenvalue weighted by molar-refractivity contribution is 1.00. The van der Waals surface area contributed by atoms with Crippen molar-refractivity contribution in [1.29, 1.82) is 0 Å². The second kappa shape index (κ2) is 5.92. The summed E-state index contributed by atoms with van der Waals surface area (Å²) >= 11 is 3.43. The number of halogens is 1. The molecule has 0 saturated carbocycles. The standard InChI is InChI=1S/C14H12BrN5/c15-11-3-1-10(2-4-11)5-6-17-13-12-14(20-9-19-13)18-8-7-16-12/h1-4,7-9H,5-6H2,(H,17,18,19,20). The van der Waals surface area contributed by atoms with Crippen LogP contribution < -0.4 is 5.32 Å². The molecule has 0 saturated heterocycles. The third kappa shape index (κ3) is 2.91. The zero-order chi connectivity index (χ0) is 13.8. The molecule has 0 unspecified atom stereocenters. The van der Waals surface area contributed by atoms with E-state index in [2.05, 4.69) is 53.3 Å². The van der Waals surface area contributed by atoms with Gasteiger partial charge in [-0.1, -0.05) is 28.1 Å². The zero-order valence-electron chi connectivity index (χ0n) is 10.6. The van der Waals surface area contributed by atoms with Crippen LogP contribution in [-0.2, 0) is 6.42 Å². The van der Waals surface area contributed by atoms with Gasteiger partial charge in [0, 0.05) is 23.4 Å². The molecule has 0 atom stereocenters. The van der Waals surface area contributed by atoms with Gasteiger partial charge in [-0.3, -0.25) is 0 Å². The van der Waals surface area contributed by atoms with Gasteiger partial charge in [-0.25, -0.2) is 19.9 Å². The van der Waals surface area contributed by atoms with Crippen molar-refractivity contribution >= 4 is 32.9 Å². The number of fused-ring (bicyclic) bond motifs is 1. The van der Waals surface area contributed by atoms with Crippen LogP contribution in [-0.4, -0.2) is 26.5 Å². The minimum Gasteiger partial charge on any atom is -0.368 e. The van der Waals surface area contributed by atoms with Crippen molar-refractivity contribution in [3.05, 3.63) is 53.0 Å². The second-order valence-electron chi connectivity index (χ2n) is 4.25. The Labute approximate surface area is 124 Å². The highest BCUT2D eigenvalue weighted by atomic mass is 79.9. The second-order valence-corrected chi connectivity index (χ2v) is 5.17. The molecule has 20 heavy (non-hydrogen) atoms. The van der Waals surface area contributed by atoms with E-state index in [1.165, 1.54) is 11.9 Å². The van der Waals surface area contributed by atoms with Crippen molar-refractivity contribution in [2.24, 2.45) is 0 Å². The van der Waals surface area contributed by atoms with E-state index in [0.717, 1.165) is 23.3 Å². The summed E-state index contributed by atoms with van der Waals surface area (Å²) in [5, 5.41) is 3.29. The largest absolute Gasteiger partial charge is 0.368 e. The zero-order valence-corrected chi connectivity index (χ0v) is 12.2. The molecule has 0 fully saturated rings. The summed E-state index contributed by atoms with van der Waals surface area (Å²) in [6.07, 6.45) is 5.69. The Morgan fingerprint density at radius 1 is 0.950 bits per heavy atom. The predicted octanol–water partition coefficient (Wildman–Crippen LogP) is 2.84. The predicted molar refractivity (Wildman–Crippen MR) is 81.5 cm³/mol. The average Bonchev–Trinajstić information content (AvgIpc) is 2.49. The lowest BCUT2D eigenvalue weighted by atomic mass is 10.1. The summed E-state index contributed by atoms with van der Waals surface area (Å²) < 4.78 is 1.09. The van der Waals surface area contributed by atoms with E-state index >= 15 is 0 Å². The Morgan fingerprint density at radius 2 is 1.75 bits per heavy atom. The molecular weight excluding hydrogens is 318 g/mol. The number of nitrogens with zero attached hydrogens (tertiary/aromatic N) is 4. The minimum atomic E-state index is 0.605. The van der Waals surface area contributed by atoms with Crippen molar-refractivity contribution in [3.8, 4) is 0 Å². The highest BCUT2D eigenvalue weighted by Gasteiger charge is 2.04. The lowest BCUT2D eigenvalue weighted by Crippen LogP contribution is -2.07. The molecule has 0 aliphatic rings. The Hall–Kier alpha value is -2.08. The monoisotopic (exact) mass is 329 g/mol. The lowest BCUT2D eigenvalue weighted by Gasteiger charge is -2.07. The molecule has 3 rings (SSSR count). The summed E-state index contributed by atoms with van der Waals surface area (Å²) in [7, 11) is 0. The Balaban J connectivity index is 1.69. The van der Waals surface area contributed by atoms with Gasteiger partial charge in [0.1, 0.15) is 11.8 Å². The van der Waals surface area contributed by atoms with Gasteiger partial charge >= 0.3 is 0 Å². The van der Waals surface area contributed by atoms with E-state index in [0.29, 0.717) is 11.2 Å². The molecule has 0 radical (unpaired) electrons. The molecule has 0 aliphatic heterocycles. The third-order valence-corrected chi connectivity index (χ3v) is 3.42. The first-order chi connectivity index (χ1) is 9.83. The topological polar surface area (TPSA) is 63.6 Å². The third-order valence-electron chi connectivity index (χ3n) is 2.89. The summed E-state index contributed by atoms with van der Waals surface area (Å²) in [6.45, 7) is 0.782. The van der Waals surface area contributed by atoms with Crippen molar-refractivity contribution in [2.75, 3.05) is 11.9 Å². The highest BCUT2D eigenvalue weighted by Crippen LogP contribution is 2.14. The van der Waals surface area contributed by atoms with Crippen LogP contribution in [0.5, 0.6) is 0 Å². The number of hydrogen-bond acceptors (Lipinski definition) is 5. The molecule has 0 amide bonds. The molecule has 0 bridgehead atoms. The van der Waals surface area contributed by atoms with Crippen molar-refractivity contribution in [2.45, 2.75) is 6.42 Å². The van der Waals surface area contributed by atoms with E-state index < -0.39 is 0 Å². The maximum absolute atomic E-state index is 4.26. The van der Waals surface area contributed by atoms with Gasteiger partial charge in [-0.15, -0.1) is 0 Å². The summed E-state index contributed by atoms with van der Waals surface area (Å²) in [4.78, 5) is 16.7. The average molecular weight is 330 g/mol.